The van der Waals surface area contributed by atoms with Crippen molar-refractivity contribution >= 4 is 17.9 Å². The molecule has 0 rings (SSSR count). The lowest BCUT2D eigenvalue weighted by Gasteiger charge is -2.18. The van der Waals surface area contributed by atoms with Crippen molar-refractivity contribution < 1.29 is 28.6 Å². The Morgan fingerprint density at radius 1 is 0.309 bits per heavy atom. The molecule has 1 unspecified atom stereocenters. The Balaban J connectivity index is 4.04. The van der Waals surface area contributed by atoms with Crippen LogP contribution >= 0.6 is 0 Å². The zero-order chi connectivity index (χ0) is 49.3. The van der Waals surface area contributed by atoms with Gasteiger partial charge in [-0.2, -0.15) is 0 Å². The smallest absolute Gasteiger partial charge is 0.306 e. The molecule has 0 aliphatic heterocycles. The minimum Gasteiger partial charge on any atom is -0.462 e. The minimum atomic E-state index is -0.768. The standard InChI is InChI=1S/C62H108O6/c1-4-7-10-13-16-18-20-22-23-24-25-26-27-28-29-30-31-32-33-34-35-36-37-38-39-40-42-43-46-49-52-55-61(64)67-58-59(57-66-60(63)54-51-48-45-15-12-9-6-3)68-62(65)56-53-50-47-44-41-21-19-17-14-11-8-5-2/h7,10,16,18,22-23,25-26,28-29,31-32,59H,4-6,8-9,11-15,17,19-21,24,27,30,33-58H2,1-3H3/b10-7-,18-16-,23-22-,26-25-,29-28-,32-31-. The number of allylic oxidation sites excluding steroid dienone is 12. The molecule has 0 aromatic heterocycles. The highest BCUT2D eigenvalue weighted by Crippen LogP contribution is 2.16. The molecule has 0 N–H and O–H groups in total. The highest BCUT2D eigenvalue weighted by atomic mass is 16.6. The van der Waals surface area contributed by atoms with E-state index in [1.165, 1.54) is 148 Å². The quantitative estimate of drug-likeness (QED) is 0.0262. The predicted octanol–water partition coefficient (Wildman–Crippen LogP) is 19.4. The molecule has 0 fully saturated rings. The van der Waals surface area contributed by atoms with Crippen LogP contribution in [0.25, 0.3) is 0 Å². The second-order valence-electron chi connectivity index (χ2n) is 19.2. The Labute approximate surface area is 421 Å². The van der Waals surface area contributed by atoms with E-state index in [1.807, 2.05) is 0 Å². The molecule has 0 saturated heterocycles. The third-order valence-electron chi connectivity index (χ3n) is 12.5. The molecule has 392 valence electrons. The fourth-order valence-electron chi connectivity index (χ4n) is 8.15. The molecule has 0 saturated carbocycles. The molecule has 0 aliphatic carbocycles. The Bertz CT molecular complexity index is 1270. The lowest BCUT2D eigenvalue weighted by atomic mass is 10.0. The van der Waals surface area contributed by atoms with E-state index in [9.17, 15) is 14.4 Å². The van der Waals surface area contributed by atoms with Crippen molar-refractivity contribution in [3.63, 3.8) is 0 Å². The number of carbonyl (C=O) groups is 3. The molecule has 0 aromatic rings. The summed E-state index contributed by atoms with van der Waals surface area (Å²) in [5, 5.41) is 0. The third kappa shape index (κ3) is 53.8. The lowest BCUT2D eigenvalue weighted by molar-refractivity contribution is -0.167. The van der Waals surface area contributed by atoms with Gasteiger partial charge in [-0.25, -0.2) is 0 Å². The van der Waals surface area contributed by atoms with Gasteiger partial charge in [-0.15, -0.1) is 0 Å². The molecule has 0 radical (unpaired) electrons. The number of unbranched alkanes of at least 4 members (excludes halogenated alkanes) is 29. The fraction of sp³-hybridized carbons (Fsp3) is 0.758. The van der Waals surface area contributed by atoms with Gasteiger partial charge in [-0.3, -0.25) is 14.4 Å². The van der Waals surface area contributed by atoms with Crippen LogP contribution in [-0.4, -0.2) is 37.2 Å². The van der Waals surface area contributed by atoms with Crippen LogP contribution in [0.2, 0.25) is 0 Å². The van der Waals surface area contributed by atoms with Gasteiger partial charge in [0.25, 0.3) is 0 Å². The van der Waals surface area contributed by atoms with Crippen LogP contribution in [0, 0.1) is 0 Å². The van der Waals surface area contributed by atoms with Crippen molar-refractivity contribution in [2.75, 3.05) is 13.2 Å². The van der Waals surface area contributed by atoms with Crippen molar-refractivity contribution in [2.24, 2.45) is 0 Å². The summed E-state index contributed by atoms with van der Waals surface area (Å²) in [7, 11) is 0. The number of esters is 3. The van der Waals surface area contributed by atoms with Crippen molar-refractivity contribution in [2.45, 2.75) is 290 Å². The van der Waals surface area contributed by atoms with Gasteiger partial charge in [-0.1, -0.05) is 267 Å². The van der Waals surface area contributed by atoms with E-state index in [0.29, 0.717) is 19.3 Å². The number of hydrogen-bond acceptors (Lipinski definition) is 6. The maximum atomic E-state index is 12.8. The van der Waals surface area contributed by atoms with Crippen LogP contribution in [0.5, 0.6) is 0 Å². The number of hydrogen-bond donors (Lipinski definition) is 0. The summed E-state index contributed by atoms with van der Waals surface area (Å²) in [4.78, 5) is 37.8. The van der Waals surface area contributed by atoms with Gasteiger partial charge >= 0.3 is 17.9 Å². The Hall–Kier alpha value is -3.15. The molecule has 0 aliphatic rings. The molecule has 6 nitrogen and oxygen atoms in total. The van der Waals surface area contributed by atoms with E-state index in [2.05, 4.69) is 93.7 Å². The average Bonchev–Trinajstić information content (AvgIpc) is 3.34. The molecule has 0 spiro atoms. The molecular formula is C62H108O6. The molecule has 0 aromatic carbocycles. The van der Waals surface area contributed by atoms with Gasteiger partial charge in [0.05, 0.1) is 0 Å². The van der Waals surface area contributed by atoms with E-state index in [0.717, 1.165) is 96.3 Å². The van der Waals surface area contributed by atoms with Gasteiger partial charge in [-0.05, 0) is 70.6 Å². The predicted molar refractivity (Wildman–Crippen MR) is 293 cm³/mol. The van der Waals surface area contributed by atoms with Crippen LogP contribution < -0.4 is 0 Å². The second kappa shape index (κ2) is 56.4. The normalized spacial score (nSPS) is 12.6. The second-order valence-corrected chi connectivity index (χ2v) is 19.2. The summed E-state index contributed by atoms with van der Waals surface area (Å²) in [6.07, 6.45) is 72.1. The van der Waals surface area contributed by atoms with Gasteiger partial charge in [0.15, 0.2) is 6.10 Å². The van der Waals surface area contributed by atoms with Crippen LogP contribution in [-0.2, 0) is 28.6 Å². The number of ether oxygens (including phenoxy) is 3. The van der Waals surface area contributed by atoms with Crippen molar-refractivity contribution in [3.05, 3.63) is 72.9 Å². The maximum Gasteiger partial charge on any atom is 0.306 e. The number of rotatable bonds is 52. The van der Waals surface area contributed by atoms with Crippen molar-refractivity contribution in [3.8, 4) is 0 Å². The zero-order valence-electron chi connectivity index (χ0n) is 44.9. The summed E-state index contributed by atoms with van der Waals surface area (Å²) >= 11 is 0. The van der Waals surface area contributed by atoms with E-state index < -0.39 is 6.10 Å². The van der Waals surface area contributed by atoms with Gasteiger partial charge in [0, 0.05) is 19.3 Å². The average molecular weight is 950 g/mol. The molecular weight excluding hydrogens is 841 g/mol. The molecule has 68 heavy (non-hydrogen) atoms. The maximum absolute atomic E-state index is 12.8. The first-order valence-corrected chi connectivity index (χ1v) is 28.9. The minimum absolute atomic E-state index is 0.0716. The third-order valence-corrected chi connectivity index (χ3v) is 12.5. The first-order valence-electron chi connectivity index (χ1n) is 28.9. The lowest BCUT2D eigenvalue weighted by Crippen LogP contribution is -2.30. The molecule has 0 amide bonds. The first kappa shape index (κ1) is 64.8. The van der Waals surface area contributed by atoms with Gasteiger partial charge < -0.3 is 14.2 Å². The molecule has 1 atom stereocenters. The fourth-order valence-corrected chi connectivity index (χ4v) is 8.15. The largest absolute Gasteiger partial charge is 0.462 e. The highest BCUT2D eigenvalue weighted by Gasteiger charge is 2.19. The number of carbonyl (C=O) groups excluding carboxylic acids is 3. The highest BCUT2D eigenvalue weighted by molar-refractivity contribution is 5.71. The van der Waals surface area contributed by atoms with E-state index in [4.69, 9.17) is 14.2 Å². The molecule has 0 heterocycles. The van der Waals surface area contributed by atoms with Crippen LogP contribution in [0.1, 0.15) is 284 Å². The van der Waals surface area contributed by atoms with Crippen LogP contribution in [0.15, 0.2) is 72.9 Å². The summed E-state index contributed by atoms with van der Waals surface area (Å²) in [5.41, 5.74) is 0. The summed E-state index contributed by atoms with van der Waals surface area (Å²) in [6, 6.07) is 0. The van der Waals surface area contributed by atoms with Crippen LogP contribution in [0.3, 0.4) is 0 Å². The van der Waals surface area contributed by atoms with E-state index in [-0.39, 0.29) is 31.1 Å². The van der Waals surface area contributed by atoms with Crippen molar-refractivity contribution in [1.82, 2.24) is 0 Å². The Morgan fingerprint density at radius 3 is 0.897 bits per heavy atom. The van der Waals surface area contributed by atoms with Crippen LogP contribution in [0.4, 0.5) is 0 Å². The zero-order valence-corrected chi connectivity index (χ0v) is 44.9. The van der Waals surface area contributed by atoms with Gasteiger partial charge in [0.1, 0.15) is 13.2 Å². The summed E-state index contributed by atoms with van der Waals surface area (Å²) in [6.45, 7) is 6.49. The summed E-state index contributed by atoms with van der Waals surface area (Å²) < 4.78 is 16.8. The van der Waals surface area contributed by atoms with E-state index >= 15 is 0 Å². The van der Waals surface area contributed by atoms with Gasteiger partial charge in [0.2, 0.25) is 0 Å². The van der Waals surface area contributed by atoms with Crippen molar-refractivity contribution in [1.29, 1.82) is 0 Å². The summed E-state index contributed by atoms with van der Waals surface area (Å²) in [5.74, 6) is -0.872. The van der Waals surface area contributed by atoms with E-state index in [1.54, 1.807) is 0 Å². The first-order chi connectivity index (χ1) is 33.5. The molecule has 6 heteroatoms. The monoisotopic (exact) mass is 949 g/mol. The molecule has 0 bridgehead atoms. The SMILES string of the molecule is CC/C=C\C/C=C\C/C=C\C/C=C\C/C=C\C/C=C\CCCCCCCCCCCCCCC(=O)OCC(COC(=O)CCCCCCCCC)OC(=O)CCCCCCCCCCCCCC. The Morgan fingerprint density at radius 2 is 0.574 bits per heavy atom. The Kier molecular flexibility index (Phi) is 53.8. The topological polar surface area (TPSA) is 78.9 Å².